The van der Waals surface area contributed by atoms with Crippen molar-refractivity contribution in [3.05, 3.63) is 100 Å². The van der Waals surface area contributed by atoms with Gasteiger partial charge in [-0.05, 0) is 49.4 Å². The molecule has 8 heteroatoms. The van der Waals surface area contributed by atoms with Crippen molar-refractivity contribution < 1.29 is 14.3 Å². The summed E-state index contributed by atoms with van der Waals surface area (Å²) in [7, 11) is 1.79. The van der Waals surface area contributed by atoms with Crippen molar-refractivity contribution in [2.24, 2.45) is 7.05 Å². The van der Waals surface area contributed by atoms with E-state index in [1.165, 1.54) is 4.68 Å². The molecule has 0 saturated heterocycles. The molecule has 5 aromatic rings. The number of hydrogen-bond acceptors (Lipinski definition) is 5. The summed E-state index contributed by atoms with van der Waals surface area (Å²) in [5.41, 5.74) is 3.80. The Labute approximate surface area is 212 Å². The molecule has 0 bridgehead atoms. The van der Waals surface area contributed by atoms with Gasteiger partial charge < -0.3 is 14.8 Å². The topological polar surface area (TPSA) is 87.4 Å². The van der Waals surface area contributed by atoms with Crippen LogP contribution in [-0.4, -0.2) is 33.5 Å². The standard InChI is InChI=1S/C29H24N4O4/c1-18-27(29(35)33(32(18)2)20-8-4-3-5-9-20)31-28(34)22-17-24(30-23-11-7-6-10-21(22)23)19-12-13-25-26(16-19)37-15-14-36-25/h3-13,16-17H,14-15H2,1-2H3,(H,31,34). The molecule has 1 aliphatic rings. The van der Waals surface area contributed by atoms with Crippen molar-refractivity contribution in [2.45, 2.75) is 6.92 Å². The Morgan fingerprint density at radius 2 is 1.65 bits per heavy atom. The fourth-order valence-electron chi connectivity index (χ4n) is 4.61. The minimum absolute atomic E-state index is 0.234. The summed E-state index contributed by atoms with van der Waals surface area (Å²) < 4.78 is 14.6. The summed E-state index contributed by atoms with van der Waals surface area (Å²) >= 11 is 0. The van der Waals surface area contributed by atoms with Gasteiger partial charge in [-0.2, -0.15) is 0 Å². The fourth-order valence-corrected chi connectivity index (χ4v) is 4.61. The first-order valence-electron chi connectivity index (χ1n) is 12.0. The van der Waals surface area contributed by atoms with Crippen molar-refractivity contribution in [3.63, 3.8) is 0 Å². The number of ether oxygens (including phenoxy) is 2. The van der Waals surface area contributed by atoms with Gasteiger partial charge in [0, 0.05) is 18.0 Å². The number of para-hydroxylation sites is 2. The van der Waals surface area contributed by atoms with Gasteiger partial charge in [0.2, 0.25) is 0 Å². The molecule has 2 aromatic heterocycles. The number of aromatic nitrogens is 3. The third kappa shape index (κ3) is 3.92. The monoisotopic (exact) mass is 492 g/mol. The first-order chi connectivity index (χ1) is 18.0. The molecule has 1 aliphatic heterocycles. The van der Waals surface area contributed by atoms with E-state index in [0.717, 1.165) is 5.56 Å². The highest BCUT2D eigenvalue weighted by Gasteiger charge is 2.21. The highest BCUT2D eigenvalue weighted by atomic mass is 16.6. The van der Waals surface area contributed by atoms with Crippen LogP contribution in [-0.2, 0) is 7.05 Å². The summed E-state index contributed by atoms with van der Waals surface area (Å²) in [6.45, 7) is 2.80. The smallest absolute Gasteiger partial charge is 0.295 e. The van der Waals surface area contributed by atoms with Crippen LogP contribution in [0, 0.1) is 6.92 Å². The number of carbonyl (C=O) groups excluding carboxylic acids is 1. The lowest BCUT2D eigenvalue weighted by molar-refractivity contribution is 0.102. The fraction of sp³-hybridized carbons (Fsp3) is 0.138. The molecule has 0 spiro atoms. The Morgan fingerprint density at radius 3 is 2.46 bits per heavy atom. The molecular formula is C29H24N4O4. The predicted octanol–water partition coefficient (Wildman–Crippen LogP) is 4.72. The number of anilines is 1. The second kappa shape index (κ2) is 8.98. The molecule has 184 valence electrons. The van der Waals surface area contributed by atoms with Crippen LogP contribution in [0.25, 0.3) is 27.8 Å². The number of nitrogens with zero attached hydrogens (tertiary/aromatic N) is 3. The Balaban J connectivity index is 1.43. The molecule has 6 rings (SSSR count). The predicted molar refractivity (Wildman–Crippen MR) is 142 cm³/mol. The number of carbonyl (C=O) groups is 1. The summed E-state index contributed by atoms with van der Waals surface area (Å²) in [5.74, 6) is 0.942. The molecule has 0 radical (unpaired) electrons. The SMILES string of the molecule is Cc1c(NC(=O)c2cc(-c3ccc4c(c3)OCCO4)nc3ccccc23)c(=O)n(-c2ccccc2)n1C. The van der Waals surface area contributed by atoms with Crippen LogP contribution in [0.2, 0.25) is 0 Å². The molecule has 37 heavy (non-hydrogen) atoms. The number of nitrogens with one attached hydrogen (secondary N) is 1. The Kier molecular flexibility index (Phi) is 5.49. The molecule has 0 unspecified atom stereocenters. The number of amides is 1. The van der Waals surface area contributed by atoms with Gasteiger partial charge in [0.15, 0.2) is 11.5 Å². The maximum Gasteiger partial charge on any atom is 0.295 e. The minimum Gasteiger partial charge on any atom is -0.486 e. The summed E-state index contributed by atoms with van der Waals surface area (Å²) in [6.07, 6.45) is 0. The number of fused-ring (bicyclic) bond motifs is 2. The third-order valence-electron chi connectivity index (χ3n) is 6.59. The van der Waals surface area contributed by atoms with Crippen LogP contribution in [0.15, 0.2) is 83.7 Å². The molecule has 1 N–H and O–H groups in total. The third-order valence-corrected chi connectivity index (χ3v) is 6.59. The van der Waals surface area contributed by atoms with E-state index in [0.29, 0.717) is 58.3 Å². The molecule has 0 fully saturated rings. The van der Waals surface area contributed by atoms with Crippen molar-refractivity contribution in [2.75, 3.05) is 18.5 Å². The molecule has 0 aliphatic carbocycles. The lowest BCUT2D eigenvalue weighted by Gasteiger charge is -2.19. The number of benzene rings is 3. The van der Waals surface area contributed by atoms with Gasteiger partial charge >= 0.3 is 0 Å². The first kappa shape index (κ1) is 22.6. The van der Waals surface area contributed by atoms with E-state index in [9.17, 15) is 9.59 Å². The Morgan fingerprint density at radius 1 is 0.919 bits per heavy atom. The Bertz CT molecular complexity index is 1720. The molecule has 0 atom stereocenters. The zero-order valence-electron chi connectivity index (χ0n) is 20.4. The van der Waals surface area contributed by atoms with Gasteiger partial charge in [-0.15, -0.1) is 0 Å². The molecule has 1 amide bonds. The second-order valence-corrected chi connectivity index (χ2v) is 8.82. The largest absolute Gasteiger partial charge is 0.486 e. The van der Waals surface area contributed by atoms with E-state index < -0.39 is 0 Å². The quantitative estimate of drug-likeness (QED) is 0.392. The van der Waals surface area contributed by atoms with Gasteiger partial charge in [0.25, 0.3) is 11.5 Å². The van der Waals surface area contributed by atoms with Gasteiger partial charge in [0.05, 0.1) is 28.2 Å². The maximum atomic E-state index is 13.7. The van der Waals surface area contributed by atoms with Crippen molar-refractivity contribution in [3.8, 4) is 28.4 Å². The molecule has 3 aromatic carbocycles. The van der Waals surface area contributed by atoms with Crippen LogP contribution in [0.1, 0.15) is 16.1 Å². The molecular weight excluding hydrogens is 468 g/mol. The van der Waals surface area contributed by atoms with Gasteiger partial charge in [-0.25, -0.2) is 9.67 Å². The van der Waals surface area contributed by atoms with E-state index in [4.69, 9.17) is 14.5 Å². The van der Waals surface area contributed by atoms with Crippen LogP contribution < -0.4 is 20.3 Å². The summed E-state index contributed by atoms with van der Waals surface area (Å²) in [6, 6.07) is 24.1. The van der Waals surface area contributed by atoms with Crippen LogP contribution >= 0.6 is 0 Å². The van der Waals surface area contributed by atoms with Crippen molar-refractivity contribution in [1.29, 1.82) is 0 Å². The molecule has 0 saturated carbocycles. The Hall–Kier alpha value is -4.85. The lowest BCUT2D eigenvalue weighted by atomic mass is 10.0. The highest BCUT2D eigenvalue weighted by molar-refractivity contribution is 6.13. The zero-order valence-corrected chi connectivity index (χ0v) is 20.4. The van der Waals surface area contributed by atoms with Gasteiger partial charge in [-0.1, -0.05) is 36.4 Å². The average molecular weight is 493 g/mol. The van der Waals surface area contributed by atoms with Crippen LogP contribution in [0.5, 0.6) is 11.5 Å². The van der Waals surface area contributed by atoms with Gasteiger partial charge in [-0.3, -0.25) is 14.3 Å². The van der Waals surface area contributed by atoms with Crippen molar-refractivity contribution in [1.82, 2.24) is 14.3 Å². The first-order valence-corrected chi connectivity index (χ1v) is 12.0. The molecule has 8 nitrogen and oxygen atoms in total. The van der Waals surface area contributed by atoms with Crippen LogP contribution in [0.3, 0.4) is 0 Å². The molecule has 3 heterocycles. The number of rotatable bonds is 4. The van der Waals surface area contributed by atoms with E-state index in [1.807, 2.05) is 79.7 Å². The number of hydrogen-bond donors (Lipinski definition) is 1. The lowest BCUT2D eigenvalue weighted by Crippen LogP contribution is -2.23. The maximum absolute atomic E-state index is 13.7. The average Bonchev–Trinajstić information content (AvgIpc) is 3.15. The minimum atomic E-state index is -0.386. The van der Waals surface area contributed by atoms with Crippen LogP contribution in [0.4, 0.5) is 5.69 Å². The van der Waals surface area contributed by atoms with Crippen molar-refractivity contribution >= 4 is 22.5 Å². The van der Waals surface area contributed by atoms with Gasteiger partial charge in [0.1, 0.15) is 18.9 Å². The van der Waals surface area contributed by atoms with E-state index in [-0.39, 0.29) is 17.2 Å². The summed E-state index contributed by atoms with van der Waals surface area (Å²) in [4.78, 5) is 31.8. The summed E-state index contributed by atoms with van der Waals surface area (Å²) in [5, 5.41) is 3.57. The zero-order chi connectivity index (χ0) is 25.5. The normalized spacial score (nSPS) is 12.5. The van der Waals surface area contributed by atoms with E-state index in [1.54, 1.807) is 17.8 Å². The van der Waals surface area contributed by atoms with E-state index >= 15 is 0 Å². The van der Waals surface area contributed by atoms with E-state index in [2.05, 4.69) is 5.32 Å². The second-order valence-electron chi connectivity index (χ2n) is 8.82. The highest BCUT2D eigenvalue weighted by Crippen LogP contribution is 2.35. The number of pyridine rings is 1.